The topological polar surface area (TPSA) is 107 Å². The zero-order valence-corrected chi connectivity index (χ0v) is 14.9. The van der Waals surface area contributed by atoms with Crippen molar-refractivity contribution in [2.45, 2.75) is 25.4 Å². The Balaban J connectivity index is 1.52. The number of rotatable bonds is 5. The quantitative estimate of drug-likeness (QED) is 0.649. The minimum absolute atomic E-state index is 0.00130. The molecule has 1 atom stereocenters. The molecule has 5 N–H and O–H groups in total. The molecule has 1 aliphatic rings. The summed E-state index contributed by atoms with van der Waals surface area (Å²) in [5.41, 5.74) is 16.4. The van der Waals surface area contributed by atoms with E-state index in [-0.39, 0.29) is 11.5 Å². The highest BCUT2D eigenvalue weighted by molar-refractivity contribution is 5.95. The van der Waals surface area contributed by atoms with Gasteiger partial charge in [0.2, 0.25) is 0 Å². The number of nitrogens with zero attached hydrogens (tertiary/aromatic N) is 2. The summed E-state index contributed by atoms with van der Waals surface area (Å²) in [6, 6.07) is 17.0. The van der Waals surface area contributed by atoms with Crippen molar-refractivity contribution in [3.8, 4) is 11.3 Å². The van der Waals surface area contributed by atoms with E-state index in [0.717, 1.165) is 30.5 Å². The van der Waals surface area contributed by atoms with Crippen LogP contribution in [-0.4, -0.2) is 15.9 Å². The number of nitrogens with two attached hydrogens (primary N) is 2. The number of carbonyl (C=O) groups is 1. The Kier molecular flexibility index (Phi) is 4.56. The van der Waals surface area contributed by atoms with Crippen molar-refractivity contribution < 1.29 is 4.79 Å². The van der Waals surface area contributed by atoms with E-state index in [1.807, 2.05) is 18.2 Å². The number of nitrogens with one attached hydrogen (secondary N) is 1. The first kappa shape index (κ1) is 17.2. The van der Waals surface area contributed by atoms with Crippen LogP contribution in [-0.2, 0) is 13.0 Å². The highest BCUT2D eigenvalue weighted by Gasteiger charge is 2.21. The van der Waals surface area contributed by atoms with Crippen LogP contribution in [0.4, 0.5) is 5.82 Å². The van der Waals surface area contributed by atoms with Crippen LogP contribution in [0.15, 0.2) is 54.7 Å². The number of hydrogen-bond acceptors (Lipinski definition) is 5. The minimum Gasteiger partial charge on any atom is -0.382 e. The second-order valence-corrected chi connectivity index (χ2v) is 6.72. The van der Waals surface area contributed by atoms with E-state index >= 15 is 0 Å². The van der Waals surface area contributed by atoms with E-state index in [9.17, 15) is 4.79 Å². The Morgan fingerprint density at radius 3 is 2.89 bits per heavy atom. The fourth-order valence-electron chi connectivity index (χ4n) is 3.57. The van der Waals surface area contributed by atoms with Crippen molar-refractivity contribution in [2.24, 2.45) is 5.73 Å². The summed E-state index contributed by atoms with van der Waals surface area (Å²) in [6.45, 7) is 0.748. The number of nitrogen functional groups attached to an aromatic ring is 1. The van der Waals surface area contributed by atoms with Crippen LogP contribution in [0.25, 0.3) is 11.3 Å². The van der Waals surface area contributed by atoms with Gasteiger partial charge in [-0.15, -0.1) is 0 Å². The fraction of sp³-hybridized carbons (Fsp3) is 0.190. The van der Waals surface area contributed by atoms with Crippen LogP contribution in [0.3, 0.4) is 0 Å². The maximum Gasteiger partial charge on any atom is 0.271 e. The standard InChI is InChI=1S/C21H21N5O/c22-20-19(21(23)27)26-18(12-25-20)15-6-3-4-13(10-15)11-24-17-9-8-14-5-1-2-7-16(14)17/h1-7,10,12,17,24H,8-9,11H2,(H2,22,25)(H2,23,27)/t17-/m0/s1. The molecule has 0 bridgehead atoms. The lowest BCUT2D eigenvalue weighted by Gasteiger charge is -2.14. The van der Waals surface area contributed by atoms with E-state index < -0.39 is 5.91 Å². The molecule has 0 unspecified atom stereocenters. The summed E-state index contributed by atoms with van der Waals surface area (Å²) in [4.78, 5) is 19.8. The van der Waals surface area contributed by atoms with Crippen LogP contribution in [0.5, 0.6) is 0 Å². The van der Waals surface area contributed by atoms with Gasteiger partial charge in [0.15, 0.2) is 11.5 Å². The van der Waals surface area contributed by atoms with Crippen LogP contribution >= 0.6 is 0 Å². The Bertz CT molecular complexity index is 1000. The third kappa shape index (κ3) is 3.52. The van der Waals surface area contributed by atoms with E-state index in [2.05, 4.69) is 45.6 Å². The summed E-state index contributed by atoms with van der Waals surface area (Å²) >= 11 is 0. The van der Waals surface area contributed by atoms with Gasteiger partial charge in [0.05, 0.1) is 11.9 Å². The summed E-state index contributed by atoms with van der Waals surface area (Å²) in [6.07, 6.45) is 3.79. The molecule has 1 aliphatic carbocycles. The number of aryl methyl sites for hydroxylation is 1. The average Bonchev–Trinajstić information content (AvgIpc) is 3.10. The number of amides is 1. The number of anilines is 1. The largest absolute Gasteiger partial charge is 0.382 e. The van der Waals surface area contributed by atoms with E-state index in [1.165, 1.54) is 11.1 Å². The van der Waals surface area contributed by atoms with Gasteiger partial charge in [-0.05, 0) is 35.6 Å². The van der Waals surface area contributed by atoms with Crippen molar-refractivity contribution in [3.05, 3.63) is 77.1 Å². The molecule has 0 saturated carbocycles. The maximum absolute atomic E-state index is 11.5. The molecule has 6 heteroatoms. The first-order valence-electron chi connectivity index (χ1n) is 8.94. The number of carbonyl (C=O) groups excluding carboxylic acids is 1. The SMILES string of the molecule is NC(=O)c1nc(-c2cccc(CN[C@H]3CCc4ccccc43)c2)cnc1N. The van der Waals surface area contributed by atoms with Gasteiger partial charge in [-0.25, -0.2) is 9.97 Å². The Morgan fingerprint density at radius 1 is 1.19 bits per heavy atom. The van der Waals surface area contributed by atoms with Gasteiger partial charge in [-0.1, -0.05) is 42.5 Å². The molecular weight excluding hydrogens is 338 g/mol. The summed E-state index contributed by atoms with van der Waals surface area (Å²) < 4.78 is 0. The molecule has 4 rings (SSSR count). The summed E-state index contributed by atoms with van der Waals surface area (Å²) in [7, 11) is 0. The number of fused-ring (bicyclic) bond motifs is 1. The molecule has 0 radical (unpaired) electrons. The van der Waals surface area contributed by atoms with Gasteiger partial charge in [-0.2, -0.15) is 0 Å². The van der Waals surface area contributed by atoms with Gasteiger partial charge >= 0.3 is 0 Å². The fourth-order valence-corrected chi connectivity index (χ4v) is 3.57. The summed E-state index contributed by atoms with van der Waals surface area (Å²) in [5.74, 6) is -0.636. The molecule has 0 spiro atoms. The highest BCUT2D eigenvalue weighted by atomic mass is 16.1. The molecule has 1 aromatic heterocycles. The van der Waals surface area contributed by atoms with Gasteiger partial charge < -0.3 is 16.8 Å². The maximum atomic E-state index is 11.5. The zero-order chi connectivity index (χ0) is 18.8. The second kappa shape index (κ2) is 7.17. The minimum atomic E-state index is -0.681. The van der Waals surface area contributed by atoms with Crippen LogP contribution < -0.4 is 16.8 Å². The normalized spacial score (nSPS) is 15.5. The van der Waals surface area contributed by atoms with E-state index in [1.54, 1.807) is 6.20 Å². The molecule has 0 saturated heterocycles. The number of primary amides is 1. The molecule has 2 aromatic carbocycles. The average molecular weight is 359 g/mol. The molecule has 6 nitrogen and oxygen atoms in total. The molecule has 0 fully saturated rings. The van der Waals surface area contributed by atoms with E-state index in [4.69, 9.17) is 11.5 Å². The molecule has 27 heavy (non-hydrogen) atoms. The molecule has 1 heterocycles. The van der Waals surface area contributed by atoms with Crippen LogP contribution in [0, 0.1) is 0 Å². The van der Waals surface area contributed by atoms with Gasteiger partial charge in [0, 0.05) is 18.2 Å². The van der Waals surface area contributed by atoms with Crippen LogP contribution in [0.1, 0.15) is 39.6 Å². The number of benzene rings is 2. The third-order valence-corrected chi connectivity index (χ3v) is 4.94. The number of hydrogen-bond donors (Lipinski definition) is 3. The molecular formula is C21H21N5O. The van der Waals surface area contributed by atoms with Crippen molar-refractivity contribution in [1.82, 2.24) is 15.3 Å². The van der Waals surface area contributed by atoms with Crippen LogP contribution in [0.2, 0.25) is 0 Å². The number of aromatic nitrogens is 2. The lowest BCUT2D eigenvalue weighted by Crippen LogP contribution is -2.18. The van der Waals surface area contributed by atoms with Gasteiger partial charge in [0.1, 0.15) is 0 Å². The van der Waals surface area contributed by atoms with Crippen molar-refractivity contribution in [2.75, 3.05) is 5.73 Å². The van der Waals surface area contributed by atoms with Crippen molar-refractivity contribution in [1.29, 1.82) is 0 Å². The lowest BCUT2D eigenvalue weighted by molar-refractivity contribution is 0.0996. The highest BCUT2D eigenvalue weighted by Crippen LogP contribution is 2.31. The van der Waals surface area contributed by atoms with Gasteiger partial charge in [-0.3, -0.25) is 4.79 Å². The predicted octanol–water partition coefficient (Wildman–Crippen LogP) is 2.60. The lowest BCUT2D eigenvalue weighted by atomic mass is 10.1. The first-order chi connectivity index (χ1) is 13.1. The Hall–Kier alpha value is -3.25. The molecule has 3 aromatic rings. The van der Waals surface area contributed by atoms with Gasteiger partial charge in [0.25, 0.3) is 5.91 Å². The molecule has 1 amide bonds. The Labute approximate surface area is 157 Å². The smallest absolute Gasteiger partial charge is 0.271 e. The van der Waals surface area contributed by atoms with Crippen molar-refractivity contribution >= 4 is 11.7 Å². The first-order valence-corrected chi connectivity index (χ1v) is 8.94. The Morgan fingerprint density at radius 2 is 2.04 bits per heavy atom. The monoisotopic (exact) mass is 359 g/mol. The summed E-state index contributed by atoms with van der Waals surface area (Å²) in [5, 5.41) is 3.64. The second-order valence-electron chi connectivity index (χ2n) is 6.72. The molecule has 0 aliphatic heterocycles. The van der Waals surface area contributed by atoms with Crippen molar-refractivity contribution in [3.63, 3.8) is 0 Å². The third-order valence-electron chi connectivity index (χ3n) is 4.94. The predicted molar refractivity (Wildman–Crippen MR) is 105 cm³/mol. The zero-order valence-electron chi connectivity index (χ0n) is 14.9. The molecule has 136 valence electrons. The van der Waals surface area contributed by atoms with E-state index in [0.29, 0.717) is 11.7 Å².